The summed E-state index contributed by atoms with van der Waals surface area (Å²) in [4.78, 5) is 25.5. The molecule has 4 rings (SSSR count). The van der Waals surface area contributed by atoms with Crippen LogP contribution in [0, 0.1) is 0 Å². The molecule has 0 spiro atoms. The maximum atomic E-state index is 12.4. The van der Waals surface area contributed by atoms with Gasteiger partial charge in [0.2, 0.25) is 0 Å². The number of nitrogens with zero attached hydrogens (tertiary/aromatic N) is 4. The predicted molar refractivity (Wildman–Crippen MR) is 129 cm³/mol. The second kappa shape index (κ2) is 10.6. The van der Waals surface area contributed by atoms with E-state index in [1.54, 1.807) is 30.5 Å². The molecule has 2 aromatic heterocycles. The summed E-state index contributed by atoms with van der Waals surface area (Å²) in [7, 11) is 1.78. The smallest absolute Gasteiger partial charge is 0.289 e. The third-order valence-electron chi connectivity index (χ3n) is 4.83. The highest BCUT2D eigenvalue weighted by atomic mass is 127. The van der Waals surface area contributed by atoms with Crippen molar-refractivity contribution in [1.29, 1.82) is 0 Å². The molecule has 0 radical (unpaired) electrons. The molecule has 0 aliphatic carbocycles. The van der Waals surface area contributed by atoms with Crippen LogP contribution in [0.15, 0.2) is 63.5 Å². The van der Waals surface area contributed by atoms with Gasteiger partial charge in [-0.1, -0.05) is 30.3 Å². The number of amides is 1. The Kier molecular flexibility index (Phi) is 7.86. The Morgan fingerprint density at radius 3 is 2.53 bits per heavy atom. The summed E-state index contributed by atoms with van der Waals surface area (Å²) >= 11 is 1.64. The number of hydrogen-bond acceptors (Lipinski definition) is 5. The summed E-state index contributed by atoms with van der Waals surface area (Å²) in [6.07, 6.45) is 1.52. The molecule has 0 bridgehead atoms. The summed E-state index contributed by atoms with van der Waals surface area (Å²) in [5, 5.41) is 6.48. The molecule has 0 unspecified atom stereocenters. The highest BCUT2D eigenvalue weighted by molar-refractivity contribution is 14.0. The first-order valence-corrected chi connectivity index (χ1v) is 10.4. The van der Waals surface area contributed by atoms with Gasteiger partial charge in [-0.2, -0.15) is 0 Å². The molecule has 30 heavy (non-hydrogen) atoms. The van der Waals surface area contributed by atoms with Crippen LogP contribution in [0.25, 0.3) is 11.3 Å². The Labute approximate surface area is 196 Å². The van der Waals surface area contributed by atoms with Gasteiger partial charge in [-0.05, 0) is 12.1 Å². The van der Waals surface area contributed by atoms with Crippen molar-refractivity contribution < 1.29 is 9.21 Å². The van der Waals surface area contributed by atoms with E-state index in [9.17, 15) is 4.79 Å². The maximum absolute atomic E-state index is 12.4. The van der Waals surface area contributed by atoms with Crippen molar-refractivity contribution in [1.82, 2.24) is 20.1 Å². The zero-order chi connectivity index (χ0) is 20.1. The number of benzene rings is 1. The van der Waals surface area contributed by atoms with Crippen LogP contribution in [0.1, 0.15) is 15.6 Å². The Morgan fingerprint density at radius 1 is 1.13 bits per heavy atom. The number of nitrogens with one attached hydrogen (secondary N) is 1. The molecule has 1 aliphatic heterocycles. The molecule has 1 aromatic carbocycles. The third-order valence-corrected chi connectivity index (χ3v) is 5.68. The topological polar surface area (TPSA) is 74.0 Å². The molecule has 9 heteroatoms. The standard InChI is InChI=1S/C21H23N5O2S.HI/c1-22-21(23-14-19-24-17(15-29-19)16-6-3-2-4-7-16)26-11-9-25(10-12-26)20(27)18-8-5-13-28-18;/h2-8,13,15H,9-12,14H2,1H3,(H,22,23);1H. The van der Waals surface area contributed by atoms with Crippen molar-refractivity contribution in [3.8, 4) is 11.3 Å². The molecule has 1 amide bonds. The molecule has 1 aliphatic rings. The Bertz CT molecular complexity index is 966. The van der Waals surface area contributed by atoms with Gasteiger partial charge >= 0.3 is 0 Å². The first kappa shape index (κ1) is 22.3. The zero-order valence-corrected chi connectivity index (χ0v) is 19.8. The lowest BCUT2D eigenvalue weighted by atomic mass is 10.2. The minimum absolute atomic E-state index is 0. The van der Waals surface area contributed by atoms with Crippen molar-refractivity contribution in [2.45, 2.75) is 6.54 Å². The van der Waals surface area contributed by atoms with Crippen molar-refractivity contribution in [2.75, 3.05) is 33.2 Å². The van der Waals surface area contributed by atoms with E-state index in [0.29, 0.717) is 25.4 Å². The molecule has 0 saturated carbocycles. The van der Waals surface area contributed by atoms with E-state index < -0.39 is 0 Å². The monoisotopic (exact) mass is 537 g/mol. The number of piperazine rings is 1. The first-order chi connectivity index (χ1) is 14.2. The van der Waals surface area contributed by atoms with E-state index in [1.165, 1.54) is 6.26 Å². The van der Waals surface area contributed by atoms with Crippen molar-refractivity contribution in [2.24, 2.45) is 4.99 Å². The Morgan fingerprint density at radius 2 is 1.87 bits per heavy atom. The number of furan rings is 1. The van der Waals surface area contributed by atoms with Crippen LogP contribution in [-0.2, 0) is 6.54 Å². The van der Waals surface area contributed by atoms with E-state index in [1.807, 2.05) is 23.1 Å². The summed E-state index contributed by atoms with van der Waals surface area (Å²) < 4.78 is 5.22. The number of carbonyl (C=O) groups excluding carboxylic acids is 1. The maximum Gasteiger partial charge on any atom is 0.289 e. The Hall–Kier alpha value is -2.40. The van der Waals surface area contributed by atoms with E-state index in [0.717, 1.165) is 35.3 Å². The van der Waals surface area contributed by atoms with E-state index in [2.05, 4.69) is 32.7 Å². The minimum Gasteiger partial charge on any atom is -0.459 e. The molecular weight excluding hydrogens is 513 g/mol. The summed E-state index contributed by atoms with van der Waals surface area (Å²) in [5.41, 5.74) is 2.11. The summed E-state index contributed by atoms with van der Waals surface area (Å²) in [6.45, 7) is 3.33. The fraction of sp³-hybridized carbons (Fsp3) is 0.286. The Balaban J connectivity index is 0.00000256. The molecule has 3 aromatic rings. The summed E-state index contributed by atoms with van der Waals surface area (Å²) in [5.74, 6) is 1.15. The van der Waals surface area contributed by atoms with Crippen LogP contribution >= 0.6 is 35.3 Å². The van der Waals surface area contributed by atoms with Crippen LogP contribution in [-0.4, -0.2) is 59.9 Å². The zero-order valence-electron chi connectivity index (χ0n) is 16.7. The molecular formula is C21H24IN5O2S. The van der Waals surface area contributed by atoms with Crippen molar-refractivity contribution >= 4 is 47.2 Å². The molecule has 158 valence electrons. The van der Waals surface area contributed by atoms with Gasteiger partial charge in [0, 0.05) is 44.2 Å². The fourth-order valence-electron chi connectivity index (χ4n) is 3.30. The fourth-order valence-corrected chi connectivity index (χ4v) is 4.04. The lowest BCUT2D eigenvalue weighted by Gasteiger charge is -2.36. The van der Waals surface area contributed by atoms with E-state index in [-0.39, 0.29) is 29.9 Å². The number of thiazole rings is 1. The number of hydrogen-bond donors (Lipinski definition) is 1. The van der Waals surface area contributed by atoms with E-state index in [4.69, 9.17) is 9.40 Å². The van der Waals surface area contributed by atoms with Gasteiger partial charge in [0.15, 0.2) is 11.7 Å². The average Bonchev–Trinajstić information content (AvgIpc) is 3.47. The highest BCUT2D eigenvalue weighted by Crippen LogP contribution is 2.21. The number of aromatic nitrogens is 1. The van der Waals surface area contributed by atoms with Gasteiger partial charge in [0.25, 0.3) is 5.91 Å². The number of halogens is 1. The lowest BCUT2D eigenvalue weighted by molar-refractivity contribution is 0.0657. The number of carbonyl (C=O) groups is 1. The van der Waals surface area contributed by atoms with Crippen molar-refractivity contribution in [3.05, 3.63) is 64.9 Å². The quantitative estimate of drug-likeness (QED) is 0.313. The molecule has 0 atom stereocenters. The second-order valence-electron chi connectivity index (χ2n) is 6.65. The molecule has 1 saturated heterocycles. The van der Waals surface area contributed by atoms with Gasteiger partial charge in [-0.3, -0.25) is 9.79 Å². The van der Waals surface area contributed by atoms with Crippen LogP contribution in [0.2, 0.25) is 0 Å². The summed E-state index contributed by atoms with van der Waals surface area (Å²) in [6, 6.07) is 13.6. The number of rotatable bonds is 4. The van der Waals surface area contributed by atoms with Crippen LogP contribution in [0.4, 0.5) is 0 Å². The van der Waals surface area contributed by atoms with Crippen molar-refractivity contribution in [3.63, 3.8) is 0 Å². The van der Waals surface area contributed by atoms with Crippen LogP contribution < -0.4 is 5.32 Å². The second-order valence-corrected chi connectivity index (χ2v) is 7.59. The van der Waals surface area contributed by atoms with Gasteiger partial charge in [-0.15, -0.1) is 35.3 Å². The van der Waals surface area contributed by atoms with Gasteiger partial charge in [0.1, 0.15) is 5.01 Å². The SMILES string of the molecule is CN=C(NCc1nc(-c2ccccc2)cs1)N1CCN(C(=O)c2ccco2)CC1.I. The molecule has 7 nitrogen and oxygen atoms in total. The first-order valence-electron chi connectivity index (χ1n) is 9.53. The van der Waals surface area contributed by atoms with Crippen LogP contribution in [0.3, 0.4) is 0 Å². The largest absolute Gasteiger partial charge is 0.459 e. The lowest BCUT2D eigenvalue weighted by Crippen LogP contribution is -2.53. The number of aliphatic imine (C=N–C) groups is 1. The molecule has 3 heterocycles. The highest BCUT2D eigenvalue weighted by Gasteiger charge is 2.25. The van der Waals surface area contributed by atoms with Gasteiger partial charge in [0.05, 0.1) is 18.5 Å². The van der Waals surface area contributed by atoms with Gasteiger partial charge < -0.3 is 19.5 Å². The van der Waals surface area contributed by atoms with E-state index >= 15 is 0 Å². The normalized spacial score (nSPS) is 14.4. The molecule has 1 N–H and O–H groups in total. The number of guanidine groups is 1. The van der Waals surface area contributed by atoms with Crippen LogP contribution in [0.5, 0.6) is 0 Å². The van der Waals surface area contributed by atoms with Gasteiger partial charge in [-0.25, -0.2) is 4.98 Å². The minimum atomic E-state index is -0.0613. The third kappa shape index (κ3) is 5.20. The predicted octanol–water partition coefficient (Wildman–Crippen LogP) is 3.55. The molecule has 1 fully saturated rings. The average molecular weight is 537 g/mol.